The van der Waals surface area contributed by atoms with Crippen molar-refractivity contribution in [1.29, 1.82) is 0 Å². The van der Waals surface area contributed by atoms with Crippen molar-refractivity contribution >= 4 is 0 Å². The molecule has 0 radical (unpaired) electrons. The first-order chi connectivity index (χ1) is 6.24. The number of rotatable bonds is 2. The zero-order valence-corrected chi connectivity index (χ0v) is 13.8. The van der Waals surface area contributed by atoms with Gasteiger partial charge in [-0.25, -0.2) is 0 Å². The normalized spacial score (nSPS) is 18.0. The van der Waals surface area contributed by atoms with Crippen LogP contribution >= 0.6 is 0 Å². The second-order valence-electron chi connectivity index (χ2n) is 3.52. The Balaban J connectivity index is 0. The van der Waals surface area contributed by atoms with Crippen LogP contribution in [0.1, 0.15) is 19.8 Å². The molecule has 82 valence electrons. The first-order valence-electron chi connectivity index (χ1n) is 5.04. The fourth-order valence-corrected chi connectivity index (χ4v) is 1.29. The maximum Gasteiger partial charge on any atom is 2.00 e. The number of hydrogen-bond donors (Lipinski definition) is 0. The third-order valence-electron chi connectivity index (χ3n) is 2.40. The van der Waals surface area contributed by atoms with Gasteiger partial charge in [-0.2, -0.15) is 0 Å². The van der Waals surface area contributed by atoms with Gasteiger partial charge in [0.05, 0.1) is 0 Å². The van der Waals surface area contributed by atoms with Crippen LogP contribution in [0.2, 0.25) is 0 Å². The van der Waals surface area contributed by atoms with Crippen molar-refractivity contribution in [3.05, 3.63) is 13.8 Å². The van der Waals surface area contributed by atoms with E-state index in [0.29, 0.717) is 6.61 Å². The molecule has 0 spiro atoms. The van der Waals surface area contributed by atoms with Crippen molar-refractivity contribution in [3.8, 4) is 0 Å². The molecule has 0 saturated carbocycles. The fourth-order valence-electron chi connectivity index (χ4n) is 1.29. The number of piperidine rings is 1. The third-order valence-corrected chi connectivity index (χ3v) is 2.40. The van der Waals surface area contributed by atoms with Crippen molar-refractivity contribution in [3.63, 3.8) is 0 Å². The molecule has 1 heterocycles. The summed E-state index contributed by atoms with van der Waals surface area (Å²) < 4.78 is 4.43. The second-order valence-corrected chi connectivity index (χ2v) is 3.52. The van der Waals surface area contributed by atoms with E-state index in [2.05, 4.69) is 30.4 Å². The minimum Gasteiger partial charge on any atom is -0.417 e. The molecule has 0 unspecified atom stereocenters. The Kier molecular flexibility index (Phi) is 14.9. The quantitative estimate of drug-likeness (QED) is 0.631. The van der Waals surface area contributed by atoms with E-state index in [4.69, 9.17) is 0 Å². The number of methoxy groups -OCH3 is 1. The van der Waals surface area contributed by atoms with Crippen LogP contribution in [0.3, 0.4) is 0 Å². The summed E-state index contributed by atoms with van der Waals surface area (Å²) in [5, 5.41) is 0. The Hall–Kier alpha value is 0.972. The summed E-state index contributed by atoms with van der Waals surface area (Å²) in [5.41, 5.74) is 0. The van der Waals surface area contributed by atoms with Crippen LogP contribution in [0.5, 0.6) is 0 Å². The van der Waals surface area contributed by atoms with Crippen molar-refractivity contribution < 1.29 is 35.9 Å². The minimum absolute atomic E-state index is 0. The Morgan fingerprint density at radius 1 is 1.29 bits per heavy atom. The van der Waals surface area contributed by atoms with Crippen molar-refractivity contribution in [2.24, 2.45) is 5.92 Å². The van der Waals surface area contributed by atoms with Gasteiger partial charge in [-0.3, -0.25) is 0 Å². The topological polar surface area (TPSA) is 12.5 Å². The zero-order valence-electron chi connectivity index (χ0n) is 9.59. The summed E-state index contributed by atoms with van der Waals surface area (Å²) >= 11 is 0. The number of nitrogens with zero attached hydrogens (tertiary/aromatic N) is 1. The maximum atomic E-state index is 4.43. The Morgan fingerprint density at radius 3 is 2.00 bits per heavy atom. The average molecular weight is 423 g/mol. The first kappa shape index (κ1) is 17.4. The molecule has 0 bridgehead atoms. The minimum atomic E-state index is 0. The van der Waals surface area contributed by atoms with Gasteiger partial charge in [-0.15, -0.1) is 6.54 Å². The van der Waals surface area contributed by atoms with E-state index >= 15 is 0 Å². The Morgan fingerprint density at radius 2 is 1.71 bits per heavy atom. The van der Waals surface area contributed by atoms with Gasteiger partial charge in [-0.05, 0) is 31.8 Å². The molecule has 3 heteroatoms. The van der Waals surface area contributed by atoms with Gasteiger partial charge in [-0.1, -0.05) is 13.5 Å². The van der Waals surface area contributed by atoms with Crippen LogP contribution in [0, 0.1) is 50.9 Å². The number of likely N-dealkylation sites (tertiary alicyclic amines) is 1. The summed E-state index contributed by atoms with van der Waals surface area (Å²) in [7, 11) is 1.62. The second kappa shape index (κ2) is 12.0. The van der Waals surface area contributed by atoms with Gasteiger partial charge < -0.3 is 23.5 Å². The first-order valence-corrected chi connectivity index (χ1v) is 5.04. The largest absolute Gasteiger partial charge is 2.00 e. The number of ether oxygens (including phenoxy) is 1. The molecule has 1 aliphatic heterocycles. The predicted molar refractivity (Wildman–Crippen MR) is 57.4 cm³/mol. The Bertz CT molecular complexity index is 101. The maximum absolute atomic E-state index is 4.43. The average Bonchev–Trinajstić information content (AvgIpc) is 2.19. The van der Waals surface area contributed by atoms with E-state index in [1.54, 1.807) is 7.11 Å². The molecule has 1 fully saturated rings. The summed E-state index contributed by atoms with van der Waals surface area (Å²) in [4.78, 5) is 2.42. The molecule has 1 rings (SSSR count). The van der Waals surface area contributed by atoms with Crippen LogP contribution in [0.4, 0.5) is 0 Å². The van der Waals surface area contributed by atoms with Crippen LogP contribution in [0.25, 0.3) is 0 Å². The molecule has 1 aliphatic rings. The zero-order chi connectivity index (χ0) is 10.1. The molecule has 2 nitrogen and oxygen atoms in total. The van der Waals surface area contributed by atoms with E-state index in [1.807, 2.05) is 0 Å². The molecule has 14 heavy (non-hydrogen) atoms. The van der Waals surface area contributed by atoms with Gasteiger partial charge >= 0.3 is 31.1 Å². The third kappa shape index (κ3) is 9.52. The van der Waals surface area contributed by atoms with Crippen LogP contribution < -0.4 is 0 Å². The van der Waals surface area contributed by atoms with Gasteiger partial charge in [0, 0.05) is 7.11 Å². The molecular formula is C11H23NOU. The molecule has 0 aliphatic carbocycles. The standard InChI is InChI=1S/C8H16N.C3H7O.U/c1-3-9-6-4-8(2)5-7-9;1-3-4-2;/h8H,1,3-7H2,2H3;1,3H2,2H3;/q2*-1;+2. The van der Waals surface area contributed by atoms with Crippen molar-refractivity contribution in [2.75, 3.05) is 33.4 Å². The van der Waals surface area contributed by atoms with Crippen LogP contribution in [0.15, 0.2) is 0 Å². The molecular weight excluding hydrogens is 400 g/mol. The van der Waals surface area contributed by atoms with Crippen molar-refractivity contribution in [2.45, 2.75) is 19.8 Å². The smallest absolute Gasteiger partial charge is 0.417 e. The van der Waals surface area contributed by atoms with Crippen LogP contribution in [-0.4, -0.2) is 38.3 Å². The van der Waals surface area contributed by atoms with Crippen LogP contribution in [-0.2, 0) is 4.74 Å². The fraction of sp³-hybridized carbons (Fsp3) is 0.818. The number of hydrogen-bond acceptors (Lipinski definition) is 2. The molecule has 0 aromatic rings. The Labute approximate surface area is 113 Å². The van der Waals surface area contributed by atoms with Gasteiger partial charge in [0.2, 0.25) is 0 Å². The molecule has 1 saturated heterocycles. The van der Waals surface area contributed by atoms with E-state index in [-0.39, 0.29) is 31.1 Å². The summed E-state index contributed by atoms with van der Waals surface area (Å²) in [6, 6.07) is 0. The van der Waals surface area contributed by atoms with Gasteiger partial charge in [0.1, 0.15) is 0 Å². The van der Waals surface area contributed by atoms with E-state index < -0.39 is 0 Å². The summed E-state index contributed by atoms with van der Waals surface area (Å²) in [6.45, 7) is 13.7. The molecule has 0 amide bonds. The molecule has 0 N–H and O–H groups in total. The summed E-state index contributed by atoms with van der Waals surface area (Å²) in [6.07, 6.45) is 2.74. The molecule has 0 aromatic carbocycles. The molecule has 0 atom stereocenters. The van der Waals surface area contributed by atoms with E-state index in [0.717, 1.165) is 12.5 Å². The molecule has 0 aromatic heterocycles. The predicted octanol–water partition coefficient (Wildman–Crippen LogP) is 2.02. The van der Waals surface area contributed by atoms with E-state index in [1.165, 1.54) is 25.9 Å². The van der Waals surface area contributed by atoms with E-state index in [9.17, 15) is 0 Å². The monoisotopic (exact) mass is 423 g/mol. The summed E-state index contributed by atoms with van der Waals surface area (Å²) in [5.74, 6) is 0.952. The SMILES string of the molecule is [CH2-]CN1CCC(C)CC1.[CH2-]COC.[U+2]. The van der Waals surface area contributed by atoms with Crippen molar-refractivity contribution in [1.82, 2.24) is 4.90 Å². The van der Waals surface area contributed by atoms with Gasteiger partial charge in [0.15, 0.2) is 0 Å². The van der Waals surface area contributed by atoms with Gasteiger partial charge in [0.25, 0.3) is 0 Å².